The molecule has 4 rings (SSSR count). The van der Waals surface area contributed by atoms with Crippen LogP contribution < -0.4 is 10.6 Å². The number of hydrogen-bond acceptors (Lipinski definition) is 5. The predicted octanol–water partition coefficient (Wildman–Crippen LogP) is 1.67. The Balaban J connectivity index is 1.52. The van der Waals surface area contributed by atoms with E-state index in [1.54, 1.807) is 54.2 Å². The molecule has 29 heavy (non-hydrogen) atoms. The van der Waals surface area contributed by atoms with E-state index in [0.717, 1.165) is 0 Å². The fourth-order valence-corrected chi connectivity index (χ4v) is 3.05. The van der Waals surface area contributed by atoms with Crippen LogP contribution in [0.5, 0.6) is 0 Å². The smallest absolute Gasteiger partial charge is 0.354 e. The number of nitrogens with zero attached hydrogens (tertiary/aromatic N) is 2. The minimum atomic E-state index is -1.17. The molecular weight excluding hydrogens is 376 g/mol. The summed E-state index contributed by atoms with van der Waals surface area (Å²) in [5.74, 6) is -2.00. The molecule has 0 fully saturated rings. The van der Waals surface area contributed by atoms with Crippen LogP contribution in [0, 0.1) is 0 Å². The molecule has 9 nitrogen and oxygen atoms in total. The number of carbonyl (C=O) groups is 3. The maximum atomic E-state index is 12.8. The number of carbonyl (C=O) groups excluding carboxylic acids is 2. The van der Waals surface area contributed by atoms with Gasteiger partial charge in [0, 0.05) is 18.8 Å². The molecule has 2 aliphatic rings. The van der Waals surface area contributed by atoms with Gasteiger partial charge in [-0.3, -0.25) is 9.59 Å². The number of aromatic nitrogens is 1. The number of para-hydroxylation sites is 1. The van der Waals surface area contributed by atoms with Crippen LogP contribution >= 0.6 is 0 Å². The van der Waals surface area contributed by atoms with E-state index in [9.17, 15) is 14.4 Å². The van der Waals surface area contributed by atoms with E-state index in [1.807, 2.05) is 0 Å². The summed E-state index contributed by atoms with van der Waals surface area (Å²) in [5.41, 5.74) is 1.68. The number of aryl methyl sites for hydroxylation is 1. The number of aliphatic carboxylic acids is 1. The van der Waals surface area contributed by atoms with E-state index in [2.05, 4.69) is 15.6 Å². The van der Waals surface area contributed by atoms with E-state index in [0.29, 0.717) is 22.7 Å². The average Bonchev–Trinajstić information content (AvgIpc) is 3.39. The lowest BCUT2D eigenvalue weighted by molar-refractivity contribution is -0.129. The summed E-state index contributed by atoms with van der Waals surface area (Å²) in [6.07, 6.45) is 3.65. The Hall–Kier alpha value is -4.14. The highest BCUT2D eigenvalue weighted by molar-refractivity contribution is 6.41. The maximum Gasteiger partial charge on any atom is 0.354 e. The molecule has 0 saturated carbocycles. The van der Waals surface area contributed by atoms with Crippen LogP contribution in [0.1, 0.15) is 20.8 Å². The average molecular weight is 392 g/mol. The Morgan fingerprint density at radius 1 is 1.10 bits per heavy atom. The molecule has 2 amide bonds. The number of amides is 2. The molecule has 1 unspecified atom stereocenters. The van der Waals surface area contributed by atoms with Crippen molar-refractivity contribution in [1.82, 2.24) is 9.88 Å². The van der Waals surface area contributed by atoms with Crippen LogP contribution in [0.15, 0.2) is 71.2 Å². The molecule has 1 atom stereocenters. The van der Waals surface area contributed by atoms with Crippen molar-refractivity contribution in [2.45, 2.75) is 6.23 Å². The topological polar surface area (TPSA) is 122 Å². The molecule has 3 heterocycles. The quantitative estimate of drug-likeness (QED) is 0.715. The van der Waals surface area contributed by atoms with Gasteiger partial charge in [0.2, 0.25) is 6.23 Å². The number of nitrogens with one attached hydrogen (secondary N) is 2. The van der Waals surface area contributed by atoms with Crippen molar-refractivity contribution >= 4 is 29.2 Å². The van der Waals surface area contributed by atoms with Crippen LogP contribution in [-0.4, -0.2) is 39.4 Å². The summed E-state index contributed by atoms with van der Waals surface area (Å²) in [6, 6.07) is 10.0. The number of ether oxygens (including phenoxy) is 1. The minimum Gasteiger partial charge on any atom is -0.477 e. The summed E-state index contributed by atoms with van der Waals surface area (Å²) in [5, 5.41) is 14.5. The lowest BCUT2D eigenvalue weighted by Crippen LogP contribution is -2.26. The monoisotopic (exact) mass is 392 g/mol. The molecular formula is C20H16N4O5. The van der Waals surface area contributed by atoms with Gasteiger partial charge >= 0.3 is 5.97 Å². The van der Waals surface area contributed by atoms with Gasteiger partial charge < -0.3 is 25.0 Å². The normalized spacial score (nSPS) is 16.9. The van der Waals surface area contributed by atoms with Gasteiger partial charge in [0.25, 0.3) is 11.8 Å². The second-order valence-corrected chi connectivity index (χ2v) is 6.40. The number of hydrogen-bond donors (Lipinski definition) is 3. The van der Waals surface area contributed by atoms with E-state index in [4.69, 9.17) is 9.84 Å². The van der Waals surface area contributed by atoms with Gasteiger partial charge in [-0.1, -0.05) is 12.1 Å². The van der Waals surface area contributed by atoms with Crippen LogP contribution in [-0.2, 0) is 16.6 Å². The van der Waals surface area contributed by atoms with Crippen molar-refractivity contribution in [2.24, 2.45) is 12.0 Å². The van der Waals surface area contributed by atoms with Crippen molar-refractivity contribution < 1.29 is 24.2 Å². The highest BCUT2D eigenvalue weighted by Crippen LogP contribution is 2.29. The molecule has 1 aromatic carbocycles. The first kappa shape index (κ1) is 18.2. The summed E-state index contributed by atoms with van der Waals surface area (Å²) in [6.45, 7) is 0. The summed E-state index contributed by atoms with van der Waals surface area (Å²) in [7, 11) is 1.75. The van der Waals surface area contributed by atoms with Crippen LogP contribution in [0.2, 0.25) is 0 Å². The molecule has 2 aromatic rings. The summed E-state index contributed by atoms with van der Waals surface area (Å²) < 4.78 is 6.97. The molecule has 0 radical (unpaired) electrons. The molecule has 0 aliphatic carbocycles. The van der Waals surface area contributed by atoms with Crippen molar-refractivity contribution in [3.8, 4) is 0 Å². The fraction of sp³-hybridized carbons (Fsp3) is 0.100. The van der Waals surface area contributed by atoms with E-state index in [-0.39, 0.29) is 17.2 Å². The third-order valence-electron chi connectivity index (χ3n) is 4.50. The summed E-state index contributed by atoms with van der Waals surface area (Å²) >= 11 is 0. The Morgan fingerprint density at radius 2 is 1.90 bits per heavy atom. The van der Waals surface area contributed by atoms with Crippen molar-refractivity contribution in [2.75, 3.05) is 5.32 Å². The zero-order valence-electron chi connectivity index (χ0n) is 15.2. The van der Waals surface area contributed by atoms with Crippen molar-refractivity contribution in [3.05, 3.63) is 77.5 Å². The lowest BCUT2D eigenvalue weighted by Gasteiger charge is -2.12. The van der Waals surface area contributed by atoms with Gasteiger partial charge in [-0.25, -0.2) is 9.79 Å². The zero-order valence-corrected chi connectivity index (χ0v) is 15.2. The standard InChI is InChI=1S/C20H16N4O5/c1-24-8-4-7-16(24)18(26)21-13-6-3-2-5-11(13)17(25)22-15-10-29-19-12(15)9-14(23-19)20(27)28/h2-10,19H,1H3,(H,21,26)(H,22,25)(H,27,28). The SMILES string of the molecule is Cn1cccc1C(=O)Nc1ccccc1C(=O)NC1=COC2N=C(C(=O)O)C=C12. The fourth-order valence-electron chi connectivity index (χ4n) is 3.05. The lowest BCUT2D eigenvalue weighted by atomic mass is 10.1. The number of carboxylic acid groups (broad SMARTS) is 1. The van der Waals surface area contributed by atoms with Gasteiger partial charge in [0.1, 0.15) is 17.7 Å². The predicted molar refractivity (Wildman–Crippen MR) is 103 cm³/mol. The van der Waals surface area contributed by atoms with Gasteiger partial charge in [-0.15, -0.1) is 0 Å². The number of aliphatic imine (C=N–C) groups is 1. The van der Waals surface area contributed by atoms with Crippen LogP contribution in [0.3, 0.4) is 0 Å². The zero-order chi connectivity index (χ0) is 20.5. The number of fused-ring (bicyclic) bond motifs is 1. The molecule has 3 N–H and O–H groups in total. The van der Waals surface area contributed by atoms with Gasteiger partial charge in [-0.05, 0) is 30.3 Å². The minimum absolute atomic E-state index is 0.139. The highest BCUT2D eigenvalue weighted by atomic mass is 16.5. The first-order chi connectivity index (χ1) is 13.9. The second kappa shape index (κ2) is 7.12. The van der Waals surface area contributed by atoms with Gasteiger partial charge in [0.15, 0.2) is 0 Å². The first-order valence-electron chi connectivity index (χ1n) is 8.66. The second-order valence-electron chi connectivity index (χ2n) is 6.40. The van der Waals surface area contributed by atoms with Crippen molar-refractivity contribution in [3.63, 3.8) is 0 Å². The number of rotatable bonds is 5. The third-order valence-corrected chi connectivity index (χ3v) is 4.50. The first-order valence-corrected chi connectivity index (χ1v) is 8.66. The van der Waals surface area contributed by atoms with Gasteiger partial charge in [-0.2, -0.15) is 0 Å². The van der Waals surface area contributed by atoms with E-state index >= 15 is 0 Å². The Labute approximate surface area is 165 Å². The van der Waals surface area contributed by atoms with Gasteiger partial charge in [0.05, 0.1) is 16.9 Å². The number of anilines is 1. The highest BCUT2D eigenvalue weighted by Gasteiger charge is 2.33. The molecule has 9 heteroatoms. The van der Waals surface area contributed by atoms with E-state index in [1.165, 1.54) is 12.3 Å². The molecule has 1 aromatic heterocycles. The number of benzene rings is 1. The molecule has 0 bridgehead atoms. The molecule has 2 aliphatic heterocycles. The van der Waals surface area contributed by atoms with E-state index < -0.39 is 18.1 Å². The third kappa shape index (κ3) is 3.41. The molecule has 0 saturated heterocycles. The summed E-state index contributed by atoms with van der Waals surface area (Å²) in [4.78, 5) is 40.3. The van der Waals surface area contributed by atoms with Crippen LogP contribution in [0.25, 0.3) is 0 Å². The Bertz CT molecular complexity index is 1130. The molecule has 146 valence electrons. The van der Waals surface area contributed by atoms with Crippen LogP contribution in [0.4, 0.5) is 5.69 Å². The maximum absolute atomic E-state index is 12.8. The Kier molecular flexibility index (Phi) is 4.47. The Morgan fingerprint density at radius 3 is 2.62 bits per heavy atom. The number of carboxylic acids is 1. The molecule has 0 spiro atoms. The largest absolute Gasteiger partial charge is 0.477 e. The van der Waals surface area contributed by atoms with Crippen molar-refractivity contribution in [1.29, 1.82) is 0 Å².